The molecule has 0 aromatic heterocycles. The molecule has 0 atom stereocenters. The van der Waals surface area contributed by atoms with Gasteiger partial charge in [-0.3, -0.25) is 5.43 Å². The van der Waals surface area contributed by atoms with E-state index in [9.17, 15) is 0 Å². The molecular weight excluding hydrogens is 329 g/mol. The van der Waals surface area contributed by atoms with E-state index in [1.165, 1.54) is 0 Å². The quantitative estimate of drug-likeness (QED) is 0.466. The number of halogens is 2. The molecule has 0 heterocycles. The van der Waals surface area contributed by atoms with Gasteiger partial charge < -0.3 is 10.1 Å². The molecule has 2 N–H and O–H groups in total. The second kappa shape index (κ2) is 9.07. The van der Waals surface area contributed by atoms with Crippen molar-refractivity contribution in [2.45, 2.75) is 20.8 Å². The molecular formula is C14H19Cl2N3OS. The molecule has 0 bridgehead atoms. The predicted molar refractivity (Wildman–Crippen MR) is 93.8 cm³/mol. The summed E-state index contributed by atoms with van der Waals surface area (Å²) in [5, 5.41) is 8.31. The predicted octanol–water partition coefficient (Wildman–Crippen LogP) is 3.85. The average Bonchev–Trinajstić information content (AvgIpc) is 2.37. The van der Waals surface area contributed by atoms with E-state index in [4.69, 9.17) is 40.2 Å². The molecule has 1 rings (SSSR count). The van der Waals surface area contributed by atoms with Gasteiger partial charge in [0.05, 0.1) is 22.9 Å². The first-order chi connectivity index (χ1) is 9.93. The van der Waals surface area contributed by atoms with Crippen LogP contribution in [0.3, 0.4) is 0 Å². The number of hydrogen-bond donors (Lipinski definition) is 2. The van der Waals surface area contributed by atoms with Crippen molar-refractivity contribution in [3.63, 3.8) is 0 Å². The van der Waals surface area contributed by atoms with Crippen molar-refractivity contribution in [2.75, 3.05) is 13.2 Å². The van der Waals surface area contributed by atoms with Crippen molar-refractivity contribution < 1.29 is 4.74 Å². The Morgan fingerprint density at radius 1 is 1.38 bits per heavy atom. The molecule has 1 aromatic carbocycles. The lowest BCUT2D eigenvalue weighted by atomic mass is 10.2. The van der Waals surface area contributed by atoms with Crippen molar-refractivity contribution >= 4 is 46.7 Å². The lowest BCUT2D eigenvalue weighted by Crippen LogP contribution is -2.31. The number of hydrazone groups is 1. The Labute approximate surface area is 140 Å². The van der Waals surface area contributed by atoms with Gasteiger partial charge in [0.2, 0.25) is 0 Å². The first-order valence-corrected chi connectivity index (χ1v) is 7.79. The summed E-state index contributed by atoms with van der Waals surface area (Å²) in [6.45, 7) is 7.36. The highest BCUT2D eigenvalue weighted by atomic mass is 35.5. The number of thiocarbonyl (C=S) groups is 1. The largest absolute Gasteiger partial charge is 0.490 e. The first-order valence-electron chi connectivity index (χ1n) is 6.62. The zero-order valence-corrected chi connectivity index (χ0v) is 14.6. The fourth-order valence-corrected chi connectivity index (χ4v) is 2.22. The minimum Gasteiger partial charge on any atom is -0.490 e. The van der Waals surface area contributed by atoms with Crippen molar-refractivity contribution in [3.05, 3.63) is 27.7 Å². The van der Waals surface area contributed by atoms with E-state index in [0.29, 0.717) is 33.4 Å². The van der Waals surface area contributed by atoms with E-state index in [0.717, 1.165) is 12.1 Å². The van der Waals surface area contributed by atoms with Crippen molar-refractivity contribution in [1.82, 2.24) is 10.7 Å². The molecule has 1 aromatic rings. The first kappa shape index (κ1) is 18.0. The fourth-order valence-electron chi connectivity index (χ4n) is 1.41. The molecule has 0 unspecified atom stereocenters. The van der Waals surface area contributed by atoms with Crippen LogP contribution in [0.25, 0.3) is 0 Å². The molecule has 0 saturated heterocycles. The molecule has 4 nitrogen and oxygen atoms in total. The third-order valence-electron chi connectivity index (χ3n) is 2.30. The van der Waals surface area contributed by atoms with E-state index in [1.807, 2.05) is 6.92 Å². The second-order valence-electron chi connectivity index (χ2n) is 4.75. The maximum absolute atomic E-state index is 6.18. The molecule has 7 heteroatoms. The third-order valence-corrected chi connectivity index (χ3v) is 3.10. The summed E-state index contributed by atoms with van der Waals surface area (Å²) >= 11 is 17.4. The van der Waals surface area contributed by atoms with Crippen LogP contribution in [0.1, 0.15) is 26.3 Å². The highest BCUT2D eigenvalue weighted by Gasteiger charge is 2.10. The molecule has 0 spiro atoms. The molecule has 0 aliphatic rings. The zero-order chi connectivity index (χ0) is 15.8. The number of ether oxygens (including phenoxy) is 1. The maximum atomic E-state index is 6.18. The summed E-state index contributed by atoms with van der Waals surface area (Å²) < 4.78 is 5.60. The minimum atomic E-state index is 0.398. The summed E-state index contributed by atoms with van der Waals surface area (Å²) in [5.74, 6) is 0.898. The monoisotopic (exact) mass is 347 g/mol. The van der Waals surface area contributed by atoms with Crippen LogP contribution in [0.4, 0.5) is 0 Å². The lowest BCUT2D eigenvalue weighted by molar-refractivity contribution is 0.271. The third kappa shape index (κ3) is 6.50. The highest BCUT2D eigenvalue weighted by molar-refractivity contribution is 7.80. The average molecular weight is 348 g/mol. The topological polar surface area (TPSA) is 45.7 Å². The van der Waals surface area contributed by atoms with Crippen LogP contribution >= 0.6 is 35.4 Å². The second-order valence-corrected chi connectivity index (χ2v) is 5.97. The van der Waals surface area contributed by atoms with Crippen LogP contribution in [0, 0.1) is 5.92 Å². The Morgan fingerprint density at radius 2 is 2.00 bits per heavy atom. The van der Waals surface area contributed by atoms with Gasteiger partial charge in [0.25, 0.3) is 0 Å². The van der Waals surface area contributed by atoms with Gasteiger partial charge in [0.15, 0.2) is 10.9 Å². The standard InChI is InChI=1S/C14H19Cl2N3OS/c1-4-17-14(21)19-18-7-10-5-11(15)13(12(16)6-10)20-8-9(2)3/h5-7,9H,4,8H2,1-3H3,(H2,17,19,21)/b18-7+. The highest BCUT2D eigenvalue weighted by Crippen LogP contribution is 2.34. The number of benzene rings is 1. The number of nitrogens with one attached hydrogen (secondary N) is 2. The Hall–Kier alpha value is -1.04. The molecule has 0 saturated carbocycles. The molecule has 0 aliphatic heterocycles. The number of rotatable bonds is 6. The minimum absolute atomic E-state index is 0.398. The van der Waals surface area contributed by atoms with Crippen molar-refractivity contribution in [1.29, 1.82) is 0 Å². The van der Waals surface area contributed by atoms with Gasteiger partial charge in [0, 0.05) is 6.54 Å². The normalized spacial score (nSPS) is 11.0. The molecule has 0 radical (unpaired) electrons. The van der Waals surface area contributed by atoms with Crippen LogP contribution in [0.15, 0.2) is 17.2 Å². The van der Waals surface area contributed by atoms with E-state index < -0.39 is 0 Å². The fraction of sp³-hybridized carbons (Fsp3) is 0.429. The SMILES string of the molecule is CCNC(=S)N/N=C/c1cc(Cl)c(OCC(C)C)c(Cl)c1. The summed E-state index contributed by atoms with van der Waals surface area (Å²) in [7, 11) is 0. The van der Waals surface area contributed by atoms with E-state index in [-0.39, 0.29) is 0 Å². The smallest absolute Gasteiger partial charge is 0.186 e. The van der Waals surface area contributed by atoms with Crippen LogP contribution < -0.4 is 15.5 Å². The Morgan fingerprint density at radius 3 is 2.52 bits per heavy atom. The summed E-state index contributed by atoms with van der Waals surface area (Å²) in [5.41, 5.74) is 3.46. The number of hydrogen-bond acceptors (Lipinski definition) is 3. The summed E-state index contributed by atoms with van der Waals surface area (Å²) in [6.07, 6.45) is 1.59. The van der Waals surface area contributed by atoms with Gasteiger partial charge >= 0.3 is 0 Å². The lowest BCUT2D eigenvalue weighted by Gasteiger charge is -2.12. The summed E-state index contributed by atoms with van der Waals surface area (Å²) in [4.78, 5) is 0. The molecule has 21 heavy (non-hydrogen) atoms. The van der Waals surface area contributed by atoms with Crippen molar-refractivity contribution in [3.8, 4) is 5.75 Å². The number of nitrogens with zero attached hydrogens (tertiary/aromatic N) is 1. The Kier molecular flexibility index (Phi) is 7.78. The summed E-state index contributed by atoms with van der Waals surface area (Å²) in [6, 6.07) is 3.48. The molecule has 0 aliphatic carbocycles. The van der Waals surface area contributed by atoms with Gasteiger partial charge in [-0.25, -0.2) is 0 Å². The van der Waals surface area contributed by atoms with Crippen LogP contribution in [-0.2, 0) is 0 Å². The Balaban J connectivity index is 2.74. The molecule has 0 amide bonds. The van der Waals surface area contributed by atoms with E-state index >= 15 is 0 Å². The zero-order valence-electron chi connectivity index (χ0n) is 12.2. The van der Waals surface area contributed by atoms with Crippen molar-refractivity contribution in [2.24, 2.45) is 11.0 Å². The van der Waals surface area contributed by atoms with Gasteiger partial charge in [-0.05, 0) is 42.8 Å². The van der Waals surface area contributed by atoms with E-state index in [1.54, 1.807) is 18.3 Å². The molecule has 0 fully saturated rings. The van der Waals surface area contributed by atoms with Gasteiger partial charge in [0.1, 0.15) is 0 Å². The van der Waals surface area contributed by atoms with Crippen LogP contribution in [-0.4, -0.2) is 24.5 Å². The van der Waals surface area contributed by atoms with Gasteiger partial charge in [-0.1, -0.05) is 37.0 Å². The van der Waals surface area contributed by atoms with Crippen LogP contribution in [0.2, 0.25) is 10.0 Å². The van der Waals surface area contributed by atoms with Gasteiger partial charge in [-0.2, -0.15) is 5.10 Å². The van der Waals surface area contributed by atoms with Crippen LogP contribution in [0.5, 0.6) is 5.75 Å². The van der Waals surface area contributed by atoms with E-state index in [2.05, 4.69) is 29.7 Å². The van der Waals surface area contributed by atoms with Gasteiger partial charge in [-0.15, -0.1) is 0 Å². The maximum Gasteiger partial charge on any atom is 0.186 e. The molecule has 116 valence electrons. The Bertz CT molecular complexity index is 498.